The molecule has 0 spiro atoms. The minimum atomic E-state index is -0.757. The zero-order chi connectivity index (χ0) is 10.4. The zero-order valence-corrected chi connectivity index (χ0v) is 8.70. The zero-order valence-electron chi connectivity index (χ0n) is 8.70. The van der Waals surface area contributed by atoms with Crippen molar-refractivity contribution in [3.63, 3.8) is 0 Å². The number of aromatic carboxylic acids is 1. The molecule has 0 unspecified atom stereocenters. The van der Waals surface area contributed by atoms with Crippen molar-refractivity contribution in [2.45, 2.75) is 44.6 Å². The molecule has 2 heterocycles. The van der Waals surface area contributed by atoms with Crippen LogP contribution in [0, 0.1) is 0 Å². The maximum absolute atomic E-state index is 11.1. The van der Waals surface area contributed by atoms with Crippen LogP contribution in [0.3, 0.4) is 0 Å². The van der Waals surface area contributed by atoms with Gasteiger partial charge in [-0.05, 0) is 44.1 Å². The maximum atomic E-state index is 11.1. The summed E-state index contributed by atoms with van der Waals surface area (Å²) in [5.41, 5.74) is 2.90. The molecule has 15 heavy (non-hydrogen) atoms. The molecule has 0 saturated heterocycles. The van der Waals surface area contributed by atoms with Gasteiger partial charge in [-0.1, -0.05) is 0 Å². The molecule has 0 radical (unpaired) electrons. The number of carbonyl (C=O) groups is 1. The van der Waals surface area contributed by atoms with E-state index in [0.29, 0.717) is 11.5 Å². The van der Waals surface area contributed by atoms with Crippen molar-refractivity contribution in [2.24, 2.45) is 0 Å². The van der Waals surface area contributed by atoms with Crippen LogP contribution in [0.2, 0.25) is 0 Å². The minimum absolute atomic E-state index is 0.552. The average molecular weight is 205 g/mol. The van der Waals surface area contributed by atoms with E-state index >= 15 is 0 Å². The number of fused-ring (bicyclic) bond motifs is 1. The molecule has 1 aliphatic heterocycles. The summed E-state index contributed by atoms with van der Waals surface area (Å²) in [5, 5.41) is 9.14. The summed E-state index contributed by atoms with van der Waals surface area (Å²) in [6, 6.07) is 1.92. The fourth-order valence-electron chi connectivity index (χ4n) is 2.61. The molecule has 2 aliphatic rings. The van der Waals surface area contributed by atoms with E-state index in [1.54, 1.807) is 0 Å². The molecule has 1 fully saturated rings. The topological polar surface area (TPSA) is 42.2 Å². The fraction of sp³-hybridized carbons (Fsp3) is 0.583. The molecule has 1 saturated carbocycles. The number of hydrogen-bond donors (Lipinski definition) is 1. The van der Waals surface area contributed by atoms with E-state index in [-0.39, 0.29) is 0 Å². The third-order valence-electron chi connectivity index (χ3n) is 3.51. The summed E-state index contributed by atoms with van der Waals surface area (Å²) in [7, 11) is 0. The smallest absolute Gasteiger partial charge is 0.337 e. The van der Waals surface area contributed by atoms with Crippen molar-refractivity contribution in [1.29, 1.82) is 0 Å². The minimum Gasteiger partial charge on any atom is -0.478 e. The molecule has 80 valence electrons. The summed E-state index contributed by atoms with van der Waals surface area (Å²) in [6.07, 6.45) is 5.74. The summed E-state index contributed by atoms with van der Waals surface area (Å²) < 4.78 is 2.27. The number of nitrogens with zero attached hydrogens (tertiary/aromatic N) is 1. The SMILES string of the molecule is O=C(O)c1cc(C2CC2)n2c1CCCC2. The van der Waals surface area contributed by atoms with E-state index in [1.807, 2.05) is 6.07 Å². The van der Waals surface area contributed by atoms with Crippen LogP contribution in [-0.2, 0) is 13.0 Å². The maximum Gasteiger partial charge on any atom is 0.337 e. The van der Waals surface area contributed by atoms with Crippen molar-refractivity contribution in [2.75, 3.05) is 0 Å². The predicted octanol–water partition coefficient (Wildman–Crippen LogP) is 2.40. The van der Waals surface area contributed by atoms with Crippen LogP contribution in [0.4, 0.5) is 0 Å². The number of hydrogen-bond acceptors (Lipinski definition) is 1. The first-order valence-electron chi connectivity index (χ1n) is 5.73. The average Bonchev–Trinajstić information content (AvgIpc) is 2.99. The second-order valence-corrected chi connectivity index (χ2v) is 4.62. The Morgan fingerprint density at radius 2 is 2.20 bits per heavy atom. The number of aromatic nitrogens is 1. The van der Waals surface area contributed by atoms with E-state index in [9.17, 15) is 4.79 Å². The van der Waals surface area contributed by atoms with Crippen molar-refractivity contribution in [3.05, 3.63) is 23.0 Å². The first-order valence-corrected chi connectivity index (χ1v) is 5.73. The van der Waals surface area contributed by atoms with Crippen LogP contribution in [0.1, 0.15) is 53.3 Å². The molecule has 0 aromatic carbocycles. The quantitative estimate of drug-likeness (QED) is 0.805. The Morgan fingerprint density at radius 3 is 2.87 bits per heavy atom. The summed E-state index contributed by atoms with van der Waals surface area (Å²) in [6.45, 7) is 1.02. The van der Waals surface area contributed by atoms with Gasteiger partial charge in [0.2, 0.25) is 0 Å². The molecule has 3 heteroatoms. The number of carboxylic acid groups (broad SMARTS) is 1. The molecule has 1 N–H and O–H groups in total. The van der Waals surface area contributed by atoms with Gasteiger partial charge in [-0.2, -0.15) is 0 Å². The van der Waals surface area contributed by atoms with Crippen molar-refractivity contribution in [3.8, 4) is 0 Å². The Kier molecular flexibility index (Phi) is 1.87. The molecule has 3 rings (SSSR count). The fourth-order valence-corrected chi connectivity index (χ4v) is 2.61. The van der Waals surface area contributed by atoms with E-state index in [0.717, 1.165) is 25.1 Å². The second-order valence-electron chi connectivity index (χ2n) is 4.62. The van der Waals surface area contributed by atoms with E-state index in [4.69, 9.17) is 5.11 Å². The van der Waals surface area contributed by atoms with Gasteiger partial charge >= 0.3 is 5.97 Å². The lowest BCUT2D eigenvalue weighted by Gasteiger charge is -2.18. The molecular formula is C12H15NO2. The molecule has 1 aromatic heterocycles. The van der Waals surface area contributed by atoms with Gasteiger partial charge < -0.3 is 9.67 Å². The van der Waals surface area contributed by atoms with Gasteiger partial charge in [0.1, 0.15) is 0 Å². The molecule has 1 aliphatic carbocycles. The van der Waals surface area contributed by atoms with E-state index in [2.05, 4.69) is 4.57 Å². The van der Waals surface area contributed by atoms with Crippen LogP contribution in [0.25, 0.3) is 0 Å². The van der Waals surface area contributed by atoms with Gasteiger partial charge in [-0.25, -0.2) is 4.79 Å². The van der Waals surface area contributed by atoms with Gasteiger partial charge in [-0.3, -0.25) is 0 Å². The number of rotatable bonds is 2. The lowest BCUT2D eigenvalue weighted by molar-refractivity contribution is 0.0695. The van der Waals surface area contributed by atoms with Crippen molar-refractivity contribution < 1.29 is 9.90 Å². The monoisotopic (exact) mass is 205 g/mol. The molecule has 0 bridgehead atoms. The molecule has 0 atom stereocenters. The molecule has 0 amide bonds. The summed E-state index contributed by atoms with van der Waals surface area (Å²) in [5.74, 6) is -0.109. The van der Waals surface area contributed by atoms with Crippen LogP contribution in [0.15, 0.2) is 6.07 Å². The van der Waals surface area contributed by atoms with Crippen molar-refractivity contribution >= 4 is 5.97 Å². The number of carboxylic acids is 1. The van der Waals surface area contributed by atoms with Crippen LogP contribution >= 0.6 is 0 Å². The highest BCUT2D eigenvalue weighted by molar-refractivity contribution is 5.89. The summed E-state index contributed by atoms with van der Waals surface area (Å²) >= 11 is 0. The van der Waals surface area contributed by atoms with Crippen LogP contribution in [-0.4, -0.2) is 15.6 Å². The largest absolute Gasteiger partial charge is 0.478 e. The Morgan fingerprint density at radius 1 is 1.40 bits per heavy atom. The third kappa shape index (κ3) is 1.37. The third-order valence-corrected chi connectivity index (χ3v) is 3.51. The van der Waals surface area contributed by atoms with Gasteiger partial charge in [0, 0.05) is 17.9 Å². The Balaban J connectivity index is 2.11. The lowest BCUT2D eigenvalue weighted by atomic mass is 10.1. The predicted molar refractivity (Wildman–Crippen MR) is 56.3 cm³/mol. The first kappa shape index (κ1) is 9.01. The standard InChI is InChI=1S/C12H15NO2/c14-12(15)9-7-11(8-4-5-8)13-6-2-1-3-10(9)13/h7-8H,1-6H2,(H,14,15). The summed E-state index contributed by atoms with van der Waals surface area (Å²) in [4.78, 5) is 11.1. The van der Waals surface area contributed by atoms with Gasteiger partial charge in [0.25, 0.3) is 0 Å². The Bertz CT molecular complexity index is 416. The highest BCUT2D eigenvalue weighted by atomic mass is 16.4. The van der Waals surface area contributed by atoms with Gasteiger partial charge in [-0.15, -0.1) is 0 Å². The Labute approximate surface area is 88.7 Å². The molecule has 1 aromatic rings. The Hall–Kier alpha value is -1.25. The van der Waals surface area contributed by atoms with Gasteiger partial charge in [0.05, 0.1) is 5.56 Å². The van der Waals surface area contributed by atoms with Crippen LogP contribution < -0.4 is 0 Å². The van der Waals surface area contributed by atoms with E-state index < -0.39 is 5.97 Å². The van der Waals surface area contributed by atoms with Crippen molar-refractivity contribution in [1.82, 2.24) is 4.57 Å². The van der Waals surface area contributed by atoms with E-state index in [1.165, 1.54) is 25.0 Å². The highest BCUT2D eigenvalue weighted by Crippen LogP contribution is 2.42. The lowest BCUT2D eigenvalue weighted by Crippen LogP contribution is -2.14. The molecule has 3 nitrogen and oxygen atoms in total. The first-order chi connectivity index (χ1) is 7.27. The second kappa shape index (κ2) is 3.12. The van der Waals surface area contributed by atoms with Gasteiger partial charge in [0.15, 0.2) is 0 Å². The van der Waals surface area contributed by atoms with Crippen LogP contribution in [0.5, 0.6) is 0 Å². The molecular weight excluding hydrogens is 190 g/mol. The normalized spacial score (nSPS) is 20.0. The highest BCUT2D eigenvalue weighted by Gasteiger charge is 2.31.